The molecular formula is C49H29N5O2. The van der Waals surface area contributed by atoms with Crippen LogP contribution in [0.2, 0.25) is 0 Å². The number of aromatic nitrogens is 4. The van der Waals surface area contributed by atoms with Gasteiger partial charge in [0.2, 0.25) is 0 Å². The number of para-hydroxylation sites is 5. The Morgan fingerprint density at radius 1 is 0.446 bits per heavy atom. The molecule has 0 amide bonds. The number of nitrogens with zero attached hydrogens (tertiary/aromatic N) is 5. The van der Waals surface area contributed by atoms with Crippen molar-refractivity contribution >= 4 is 28.1 Å². The third-order valence-corrected chi connectivity index (χ3v) is 11.3. The van der Waals surface area contributed by atoms with E-state index in [0.29, 0.717) is 11.5 Å². The molecule has 1 spiro atoms. The summed E-state index contributed by atoms with van der Waals surface area (Å²) in [6.45, 7) is 0. The van der Waals surface area contributed by atoms with E-state index in [-0.39, 0.29) is 0 Å². The van der Waals surface area contributed by atoms with Gasteiger partial charge in [-0.25, -0.2) is 0 Å². The fraction of sp³-hybridized carbons (Fsp3) is 0.0204. The molecule has 6 aromatic carbocycles. The van der Waals surface area contributed by atoms with Crippen LogP contribution in [0.15, 0.2) is 176 Å². The van der Waals surface area contributed by atoms with Gasteiger partial charge in [0.05, 0.1) is 39.2 Å². The maximum absolute atomic E-state index is 7.00. The highest BCUT2D eigenvalue weighted by atomic mass is 16.5. The number of pyridine rings is 2. The zero-order chi connectivity index (χ0) is 36.8. The van der Waals surface area contributed by atoms with Crippen molar-refractivity contribution in [1.29, 1.82) is 0 Å². The molecule has 0 fully saturated rings. The lowest BCUT2D eigenvalue weighted by atomic mass is 9.66. The second kappa shape index (κ2) is 11.7. The first-order chi connectivity index (χ1) is 27.8. The zero-order valence-corrected chi connectivity index (χ0v) is 29.8. The SMILES string of the molecule is c1ccc(N2c3ccccc3Oc3c2ccc2c3Oc3ccccc3C23c2cccnc2-c2ncc(-c4cccc(-c5cccc6nccnc56)c4)cc23)cc1. The molecule has 0 saturated carbocycles. The van der Waals surface area contributed by atoms with E-state index in [9.17, 15) is 0 Å². The highest BCUT2D eigenvalue weighted by Crippen LogP contribution is 2.65. The van der Waals surface area contributed by atoms with Gasteiger partial charge in [-0.15, -0.1) is 0 Å². The van der Waals surface area contributed by atoms with Gasteiger partial charge in [0.25, 0.3) is 0 Å². The molecular weight excluding hydrogens is 691 g/mol. The second-order valence-corrected chi connectivity index (χ2v) is 14.2. The van der Waals surface area contributed by atoms with Crippen LogP contribution in [0.5, 0.6) is 23.0 Å². The summed E-state index contributed by atoms with van der Waals surface area (Å²) in [7, 11) is 0. The van der Waals surface area contributed by atoms with Crippen molar-refractivity contribution in [3.05, 3.63) is 199 Å². The number of hydrogen-bond acceptors (Lipinski definition) is 7. The van der Waals surface area contributed by atoms with Gasteiger partial charge in [0.15, 0.2) is 17.2 Å². The molecule has 1 unspecified atom stereocenters. The van der Waals surface area contributed by atoms with Gasteiger partial charge >= 0.3 is 0 Å². The maximum Gasteiger partial charge on any atom is 0.194 e. The highest BCUT2D eigenvalue weighted by Gasteiger charge is 2.54. The van der Waals surface area contributed by atoms with Gasteiger partial charge in [-0.2, -0.15) is 0 Å². The van der Waals surface area contributed by atoms with E-state index in [1.807, 2.05) is 67.0 Å². The average Bonchev–Trinajstić information content (AvgIpc) is 3.55. The first kappa shape index (κ1) is 30.8. The topological polar surface area (TPSA) is 73.3 Å². The second-order valence-electron chi connectivity index (χ2n) is 14.2. The Labute approximate surface area is 322 Å². The van der Waals surface area contributed by atoms with Crippen LogP contribution in [0.4, 0.5) is 17.1 Å². The Morgan fingerprint density at radius 2 is 1.21 bits per heavy atom. The molecule has 1 aliphatic carbocycles. The number of anilines is 3. The summed E-state index contributed by atoms with van der Waals surface area (Å²) in [5, 5.41) is 0. The van der Waals surface area contributed by atoms with E-state index in [1.165, 1.54) is 0 Å². The van der Waals surface area contributed by atoms with Gasteiger partial charge in [0, 0.05) is 58.3 Å². The number of benzene rings is 6. The van der Waals surface area contributed by atoms with Crippen LogP contribution in [0.1, 0.15) is 22.3 Å². The molecule has 56 heavy (non-hydrogen) atoms. The van der Waals surface area contributed by atoms with Crippen molar-refractivity contribution in [2.75, 3.05) is 4.90 Å². The Bertz CT molecular complexity index is 3070. The van der Waals surface area contributed by atoms with Crippen LogP contribution in [0.25, 0.3) is 44.7 Å². The molecule has 262 valence electrons. The Morgan fingerprint density at radius 3 is 2.16 bits per heavy atom. The predicted molar refractivity (Wildman–Crippen MR) is 218 cm³/mol. The third kappa shape index (κ3) is 4.22. The van der Waals surface area contributed by atoms with Crippen molar-refractivity contribution < 1.29 is 9.47 Å². The molecule has 5 heterocycles. The quantitative estimate of drug-likeness (QED) is 0.180. The van der Waals surface area contributed by atoms with Crippen LogP contribution >= 0.6 is 0 Å². The minimum absolute atomic E-state index is 0.660. The molecule has 3 aliphatic rings. The van der Waals surface area contributed by atoms with Crippen LogP contribution in [0, 0.1) is 0 Å². The number of hydrogen-bond donors (Lipinski definition) is 0. The highest BCUT2D eigenvalue weighted by molar-refractivity contribution is 5.94. The van der Waals surface area contributed by atoms with Crippen LogP contribution in [-0.2, 0) is 5.41 Å². The molecule has 0 N–H and O–H groups in total. The third-order valence-electron chi connectivity index (χ3n) is 11.3. The fourth-order valence-electron chi connectivity index (χ4n) is 8.98. The average molecular weight is 720 g/mol. The standard InChI is InChI=1S/C49H29N5O2/c1-2-13-33(14-3-1)54-40-19-5-7-21-43(40)56-48-41(54)23-22-37-47(48)55-42-20-6-4-16-35(42)49(37)36-17-10-24-51-45(36)46-38(49)28-32(29-53-46)30-11-8-12-31(27-30)34-15-9-18-39-44(34)52-26-25-50-39/h1-29H. The molecule has 9 aromatic rings. The normalized spacial score (nSPS) is 15.5. The summed E-state index contributed by atoms with van der Waals surface area (Å²) in [5.74, 6) is 2.84. The first-order valence-corrected chi connectivity index (χ1v) is 18.6. The van der Waals surface area contributed by atoms with Crippen molar-refractivity contribution in [2.24, 2.45) is 0 Å². The van der Waals surface area contributed by atoms with E-state index < -0.39 is 5.41 Å². The van der Waals surface area contributed by atoms with Gasteiger partial charge < -0.3 is 14.4 Å². The Kier molecular flexibility index (Phi) is 6.42. The lowest BCUT2D eigenvalue weighted by Crippen LogP contribution is -2.33. The summed E-state index contributed by atoms with van der Waals surface area (Å²) in [6, 6.07) is 52.4. The largest absolute Gasteiger partial charge is 0.453 e. The molecule has 0 radical (unpaired) electrons. The van der Waals surface area contributed by atoms with Crippen LogP contribution < -0.4 is 14.4 Å². The van der Waals surface area contributed by atoms with E-state index in [2.05, 4.69) is 112 Å². The minimum Gasteiger partial charge on any atom is -0.453 e. The van der Waals surface area contributed by atoms with Crippen molar-refractivity contribution in [2.45, 2.75) is 5.41 Å². The molecule has 12 rings (SSSR count). The molecule has 0 saturated heterocycles. The smallest absolute Gasteiger partial charge is 0.194 e. The Hall–Kier alpha value is -7.64. The van der Waals surface area contributed by atoms with Gasteiger partial charge in [-0.3, -0.25) is 19.9 Å². The summed E-state index contributed by atoms with van der Waals surface area (Å²) < 4.78 is 13.9. The number of ether oxygens (including phenoxy) is 2. The molecule has 7 heteroatoms. The maximum atomic E-state index is 7.00. The fourth-order valence-corrected chi connectivity index (χ4v) is 8.98. The van der Waals surface area contributed by atoms with Gasteiger partial charge in [-0.05, 0) is 77.4 Å². The Balaban J connectivity index is 1.10. The summed E-state index contributed by atoms with van der Waals surface area (Å²) in [6.07, 6.45) is 7.29. The summed E-state index contributed by atoms with van der Waals surface area (Å²) in [5.41, 5.74) is 13.7. The van der Waals surface area contributed by atoms with Gasteiger partial charge in [0.1, 0.15) is 5.75 Å². The molecule has 1 atom stereocenters. The number of fused-ring (bicyclic) bond motifs is 13. The van der Waals surface area contributed by atoms with E-state index in [0.717, 1.165) is 95.5 Å². The van der Waals surface area contributed by atoms with Crippen LogP contribution in [0.3, 0.4) is 0 Å². The molecule has 3 aromatic heterocycles. The molecule has 2 aliphatic heterocycles. The molecule has 0 bridgehead atoms. The lowest BCUT2D eigenvalue weighted by molar-refractivity contribution is 0.391. The van der Waals surface area contributed by atoms with E-state index >= 15 is 0 Å². The van der Waals surface area contributed by atoms with E-state index in [4.69, 9.17) is 19.4 Å². The summed E-state index contributed by atoms with van der Waals surface area (Å²) in [4.78, 5) is 21.7. The zero-order valence-electron chi connectivity index (χ0n) is 29.8. The van der Waals surface area contributed by atoms with Crippen LogP contribution in [-0.4, -0.2) is 19.9 Å². The predicted octanol–water partition coefficient (Wildman–Crippen LogP) is 11.8. The first-order valence-electron chi connectivity index (χ1n) is 18.6. The van der Waals surface area contributed by atoms with Gasteiger partial charge in [-0.1, -0.05) is 91.0 Å². The number of rotatable bonds is 3. The van der Waals surface area contributed by atoms with Crippen molar-refractivity contribution in [3.63, 3.8) is 0 Å². The van der Waals surface area contributed by atoms with Crippen molar-refractivity contribution in [1.82, 2.24) is 19.9 Å². The van der Waals surface area contributed by atoms with E-state index in [1.54, 1.807) is 12.4 Å². The monoisotopic (exact) mass is 719 g/mol. The lowest BCUT2D eigenvalue weighted by Gasteiger charge is -2.41. The minimum atomic E-state index is -0.804. The van der Waals surface area contributed by atoms with Crippen molar-refractivity contribution in [3.8, 4) is 56.6 Å². The summed E-state index contributed by atoms with van der Waals surface area (Å²) >= 11 is 0. The molecule has 7 nitrogen and oxygen atoms in total.